The number of benzene rings is 4. The van der Waals surface area contributed by atoms with Crippen LogP contribution in [-0.4, -0.2) is 223 Å². The van der Waals surface area contributed by atoms with Crippen LogP contribution >= 0.6 is 0 Å². The Morgan fingerprint density at radius 3 is 1.76 bits per heavy atom. The minimum absolute atomic E-state index is 0.0451. The summed E-state index contributed by atoms with van der Waals surface area (Å²) in [6, 6.07) is 15.2. The number of phenolic OH excluding ortho intramolecular Hbond substituents is 1. The summed E-state index contributed by atoms with van der Waals surface area (Å²) < 4.78 is 11.9. The normalized spacial score (nSPS) is 26.7. The Hall–Kier alpha value is -7.59. The van der Waals surface area contributed by atoms with Gasteiger partial charge in [-0.1, -0.05) is 87.4 Å². The van der Waals surface area contributed by atoms with Gasteiger partial charge in [0, 0.05) is 44.0 Å². The third-order valence-corrected chi connectivity index (χ3v) is 15.9. The number of phenols is 1. The number of aliphatic hydroxyl groups is 7. The highest BCUT2D eigenvalue weighted by atomic mass is 16.5. The van der Waals surface area contributed by atoms with Crippen LogP contribution in [0.5, 0.6) is 11.5 Å². The number of carbonyl (C=O) groups is 7. The molecule has 0 saturated carbocycles. The molecule has 13 N–H and O–H groups in total. The van der Waals surface area contributed by atoms with Gasteiger partial charge in [0.15, 0.2) is 6.23 Å². The zero-order valence-corrected chi connectivity index (χ0v) is 49.6. The molecule has 87 heavy (non-hydrogen) atoms. The lowest BCUT2D eigenvalue weighted by atomic mass is 9.96. The number of unbranched alkanes of at least 4 members (excludes halogenated alkanes) is 2. The van der Waals surface area contributed by atoms with Crippen LogP contribution < -0.4 is 31.3 Å². The van der Waals surface area contributed by atoms with E-state index in [1.165, 1.54) is 43.3 Å². The molecule has 3 aliphatic rings. The second kappa shape index (κ2) is 30.4. The molecule has 0 unspecified atom stereocenters. The molecular weight excluding hydrogens is 1130 g/mol. The number of likely N-dealkylation sites (N-methyl/N-ethyl adjacent to an activating group) is 1. The molecular formula is C62H82N8O17. The molecule has 0 aliphatic carbocycles. The van der Waals surface area contributed by atoms with Crippen LogP contribution in [0.25, 0.3) is 22.3 Å². The summed E-state index contributed by atoms with van der Waals surface area (Å²) in [4.78, 5) is 105. The monoisotopic (exact) mass is 1210 g/mol. The second-order valence-electron chi connectivity index (χ2n) is 22.9. The maximum Gasteiger partial charge on any atom is 0.251 e. The summed E-state index contributed by atoms with van der Waals surface area (Å²) in [6.45, 7) is 5.69. The Balaban J connectivity index is 1.22. The van der Waals surface area contributed by atoms with E-state index in [1.54, 1.807) is 31.1 Å². The van der Waals surface area contributed by atoms with Gasteiger partial charge in [-0.3, -0.25) is 33.6 Å². The van der Waals surface area contributed by atoms with Crippen molar-refractivity contribution in [2.75, 3.05) is 46.9 Å². The minimum Gasteiger partial charge on any atom is -0.508 e. The first-order valence-corrected chi connectivity index (χ1v) is 29.3. The predicted molar refractivity (Wildman–Crippen MR) is 316 cm³/mol. The fourth-order valence-corrected chi connectivity index (χ4v) is 10.7. The zero-order valence-electron chi connectivity index (χ0n) is 49.6. The predicted octanol–water partition coefficient (Wildman–Crippen LogP) is -0.341. The van der Waals surface area contributed by atoms with Gasteiger partial charge >= 0.3 is 0 Å². The van der Waals surface area contributed by atoms with Crippen molar-refractivity contribution < 1.29 is 83.9 Å². The molecule has 0 aromatic heterocycles. The largest absolute Gasteiger partial charge is 0.508 e. The van der Waals surface area contributed by atoms with E-state index in [0.717, 1.165) is 70.9 Å². The van der Waals surface area contributed by atoms with Crippen molar-refractivity contribution in [1.29, 1.82) is 0 Å². The number of hydrogen-bond donors (Lipinski definition) is 13. The van der Waals surface area contributed by atoms with E-state index in [2.05, 4.69) is 33.5 Å². The molecule has 472 valence electrons. The summed E-state index contributed by atoms with van der Waals surface area (Å²) in [5.41, 5.74) is 3.47. The fourth-order valence-electron chi connectivity index (χ4n) is 10.7. The van der Waals surface area contributed by atoms with Crippen molar-refractivity contribution in [2.24, 2.45) is 5.92 Å². The van der Waals surface area contributed by atoms with Crippen molar-refractivity contribution in [1.82, 2.24) is 41.3 Å². The average Bonchev–Trinajstić information content (AvgIpc) is 2.34. The molecule has 3 aliphatic heterocycles. The topological polar surface area (TPSA) is 370 Å². The Bertz CT molecular complexity index is 2990. The lowest BCUT2D eigenvalue weighted by molar-refractivity contribution is -0.149. The van der Waals surface area contributed by atoms with E-state index >= 15 is 0 Å². The Kier molecular flexibility index (Phi) is 23.4. The summed E-state index contributed by atoms with van der Waals surface area (Å²) >= 11 is 0. The molecule has 0 spiro atoms. The first-order valence-electron chi connectivity index (χ1n) is 29.3. The van der Waals surface area contributed by atoms with E-state index < -0.39 is 152 Å². The van der Waals surface area contributed by atoms with Gasteiger partial charge < -0.3 is 91.6 Å². The van der Waals surface area contributed by atoms with Gasteiger partial charge in [0.05, 0.1) is 37.6 Å². The number of aromatic hydroxyl groups is 1. The van der Waals surface area contributed by atoms with Crippen LogP contribution in [0.2, 0.25) is 0 Å². The number of hydrogen-bond acceptors (Lipinski definition) is 18. The van der Waals surface area contributed by atoms with E-state index in [-0.39, 0.29) is 36.6 Å². The van der Waals surface area contributed by atoms with Gasteiger partial charge in [-0.05, 0) is 98.6 Å². The molecule has 15 atom stereocenters. The third kappa shape index (κ3) is 16.9. The molecule has 3 heterocycles. The highest BCUT2D eigenvalue weighted by molar-refractivity contribution is 6.00. The van der Waals surface area contributed by atoms with Crippen LogP contribution in [-0.2, 0) is 33.5 Å². The quantitative estimate of drug-likeness (QED) is 0.0567. The second-order valence-corrected chi connectivity index (χ2v) is 22.9. The van der Waals surface area contributed by atoms with E-state index in [9.17, 15) is 74.4 Å². The van der Waals surface area contributed by atoms with Crippen LogP contribution in [0.4, 0.5) is 0 Å². The summed E-state index contributed by atoms with van der Waals surface area (Å²) in [6.07, 6.45) is -12.6. The van der Waals surface area contributed by atoms with E-state index in [1.807, 2.05) is 48.5 Å². The molecule has 3 saturated heterocycles. The van der Waals surface area contributed by atoms with E-state index in [4.69, 9.17) is 9.47 Å². The van der Waals surface area contributed by atoms with Gasteiger partial charge in [-0.2, -0.15) is 0 Å². The Morgan fingerprint density at radius 1 is 0.655 bits per heavy atom. The first kappa shape index (κ1) is 66.9. The molecule has 4 aromatic carbocycles. The highest BCUT2D eigenvalue weighted by Gasteiger charge is 2.50. The van der Waals surface area contributed by atoms with Crippen LogP contribution in [0.3, 0.4) is 0 Å². The number of nitrogens with zero attached hydrogens (tertiary/aromatic N) is 3. The molecule has 7 rings (SSSR count). The van der Waals surface area contributed by atoms with E-state index in [0.29, 0.717) is 6.61 Å². The number of carbonyl (C=O) groups excluding carboxylic acids is 7. The molecule has 25 heteroatoms. The molecule has 0 bridgehead atoms. The van der Waals surface area contributed by atoms with Gasteiger partial charge in [0.2, 0.25) is 35.4 Å². The minimum atomic E-state index is -2.29. The Morgan fingerprint density at radius 2 is 1.20 bits per heavy atom. The van der Waals surface area contributed by atoms with Crippen molar-refractivity contribution in [2.45, 2.75) is 145 Å². The van der Waals surface area contributed by atoms with Crippen LogP contribution in [0.1, 0.15) is 81.8 Å². The Labute approximate surface area is 504 Å². The third-order valence-electron chi connectivity index (χ3n) is 15.9. The summed E-state index contributed by atoms with van der Waals surface area (Å²) in [5.74, 6) is -8.26. The van der Waals surface area contributed by atoms with Gasteiger partial charge in [-0.25, -0.2) is 0 Å². The molecule has 7 amide bonds. The van der Waals surface area contributed by atoms with Gasteiger partial charge in [-0.15, -0.1) is 0 Å². The van der Waals surface area contributed by atoms with Gasteiger partial charge in [0.25, 0.3) is 5.91 Å². The first-order chi connectivity index (χ1) is 41.4. The summed E-state index contributed by atoms with van der Waals surface area (Å²) in [7, 11) is 3.43. The number of nitrogens with one attached hydrogen (secondary N) is 5. The molecule has 4 aromatic rings. The standard InChI is InChI=1S/C62H82N8O17/c1-7-8-9-27-86-44-24-20-39(21-25-44)37-12-10-36(11-13-37)38-14-16-41(17-15-38)55(79)63-45-30-47(75)60(87-28-26-68(5)6)67-59(83)51-52(76)33(2)31-70(51)62(85)49(35(4)72)65-58(82)50(54(78)53(77)40-18-22-42(73)23-19-40)66-57(81)46-29-43(74)32-69(46)61(84)48(34(3)71)64-56(45)80/h10-25,33-35,43,45-54,60,71-78H,7-9,26-32H2,1-6H3,(H,63,79)(H,64,80)(H,65,82)(H,66,81)(H,67,83)/t33-,34+,35+,43+,45-,46-,47+,48-,49-,50-,51-,52-,53-,54-,60+/m0/s1. The number of ether oxygens (including phenoxy) is 2. The lowest BCUT2D eigenvalue weighted by Gasteiger charge is -2.34. The number of amides is 7. The average molecular weight is 1210 g/mol. The van der Waals surface area contributed by atoms with Crippen molar-refractivity contribution in [3.05, 3.63) is 108 Å². The van der Waals surface area contributed by atoms with Gasteiger partial charge in [0.1, 0.15) is 66.1 Å². The number of aliphatic hydroxyl groups excluding tert-OH is 7. The zero-order chi connectivity index (χ0) is 63.4. The fraction of sp³-hybridized carbons (Fsp3) is 0.500. The maximum atomic E-state index is 14.8. The molecule has 0 radical (unpaired) electrons. The number of fused-ring (bicyclic) bond motifs is 2. The summed E-state index contributed by atoms with van der Waals surface area (Å²) in [5, 5.41) is 102. The molecule has 25 nitrogen and oxygen atoms in total. The van der Waals surface area contributed by atoms with Crippen molar-refractivity contribution in [3.8, 4) is 33.8 Å². The van der Waals surface area contributed by atoms with Crippen LogP contribution in [0.15, 0.2) is 97.1 Å². The molecule has 3 fully saturated rings. The van der Waals surface area contributed by atoms with Crippen molar-refractivity contribution in [3.63, 3.8) is 0 Å². The maximum absolute atomic E-state index is 14.8. The SMILES string of the molecule is CCCCCOc1ccc(-c2ccc(-c3ccc(C(=O)N[C@H]4C[C@@H](O)[C@@H](OCCN(C)C)NC(=O)[C@@H]5[C@@H](O)[C@@H](C)CN5C(=O)[C@H]([C@@H](C)O)NC(=O)[C@H]([C@H](O)[C@@H](O)c5ccc(O)cc5)NC(=O)[C@@H]5C[C@@H](O)CN5C(=O)[C@H]([C@@H](C)O)NC4=O)cc3)cc2)cc1. The smallest absolute Gasteiger partial charge is 0.251 e. The lowest BCUT2D eigenvalue weighted by Crippen LogP contribution is -2.64. The van der Waals surface area contributed by atoms with Crippen molar-refractivity contribution >= 4 is 41.4 Å². The number of rotatable bonds is 18. The highest BCUT2D eigenvalue weighted by Crippen LogP contribution is 2.30. The van der Waals surface area contributed by atoms with Crippen LogP contribution in [0, 0.1) is 5.92 Å².